The van der Waals surface area contributed by atoms with E-state index in [1.807, 2.05) is 45.0 Å². The summed E-state index contributed by atoms with van der Waals surface area (Å²) in [6, 6.07) is 12.2. The highest BCUT2D eigenvalue weighted by Gasteiger charge is 2.11. The highest BCUT2D eigenvalue weighted by molar-refractivity contribution is 5.92. The smallest absolute Gasteiger partial charge is 0.224 e. The molecule has 2 aromatic carbocycles. The second-order valence-corrected chi connectivity index (χ2v) is 6.81. The predicted molar refractivity (Wildman–Crippen MR) is 104 cm³/mol. The molecule has 1 amide bonds. The average Bonchev–Trinajstić information content (AvgIpc) is 3.06. The summed E-state index contributed by atoms with van der Waals surface area (Å²) in [5.41, 5.74) is 6.44. The third-order valence-electron chi connectivity index (χ3n) is 4.40. The summed E-state index contributed by atoms with van der Waals surface area (Å²) in [6.07, 6.45) is 2.52. The highest BCUT2D eigenvalue weighted by atomic mass is 16.4. The Kier molecular flexibility index (Phi) is 5.21. The maximum atomic E-state index is 12.3. The third kappa shape index (κ3) is 4.20. The number of oxazole rings is 1. The summed E-state index contributed by atoms with van der Waals surface area (Å²) in [6.45, 7) is 8.13. The van der Waals surface area contributed by atoms with Crippen molar-refractivity contribution >= 4 is 11.6 Å². The Hall–Kier alpha value is -2.88. The number of anilines is 1. The van der Waals surface area contributed by atoms with Gasteiger partial charge in [-0.05, 0) is 38.8 Å². The summed E-state index contributed by atoms with van der Waals surface area (Å²) < 4.78 is 5.78. The zero-order valence-electron chi connectivity index (χ0n) is 15.7. The van der Waals surface area contributed by atoms with Gasteiger partial charge < -0.3 is 9.73 Å². The predicted octanol–water partition coefficient (Wildman–Crippen LogP) is 5.15. The first-order chi connectivity index (χ1) is 12.4. The van der Waals surface area contributed by atoms with E-state index in [9.17, 15) is 4.79 Å². The first-order valence-electron chi connectivity index (χ1n) is 8.82. The Morgan fingerprint density at radius 1 is 1.00 bits per heavy atom. The van der Waals surface area contributed by atoms with Crippen molar-refractivity contribution in [3.8, 4) is 11.3 Å². The van der Waals surface area contributed by atoms with Crippen molar-refractivity contribution in [2.45, 2.75) is 40.5 Å². The summed E-state index contributed by atoms with van der Waals surface area (Å²) in [5.74, 6) is 1.27. The zero-order chi connectivity index (χ0) is 18.7. The van der Waals surface area contributed by atoms with Crippen molar-refractivity contribution in [3.05, 3.63) is 70.7 Å². The number of aromatic nitrogens is 1. The molecule has 0 spiro atoms. The number of carbonyl (C=O) groups is 1. The van der Waals surface area contributed by atoms with Gasteiger partial charge in [0.15, 0.2) is 11.7 Å². The fourth-order valence-corrected chi connectivity index (χ4v) is 3.08. The molecule has 4 heteroatoms. The van der Waals surface area contributed by atoms with Gasteiger partial charge in [-0.1, -0.05) is 47.5 Å². The van der Waals surface area contributed by atoms with Crippen LogP contribution in [-0.4, -0.2) is 10.9 Å². The van der Waals surface area contributed by atoms with Crippen LogP contribution in [0.5, 0.6) is 0 Å². The van der Waals surface area contributed by atoms with Gasteiger partial charge in [0.1, 0.15) is 0 Å². The normalized spacial score (nSPS) is 10.8. The molecule has 0 saturated carbocycles. The minimum Gasteiger partial charge on any atom is -0.441 e. The SMILES string of the molecule is Cc1ccc(-c2cnc(CCC(=O)Nc3c(C)cc(C)cc3C)o2)cc1. The average molecular weight is 348 g/mol. The lowest BCUT2D eigenvalue weighted by molar-refractivity contribution is -0.116. The summed E-state index contributed by atoms with van der Waals surface area (Å²) in [4.78, 5) is 16.6. The number of carbonyl (C=O) groups excluding carboxylic acids is 1. The molecule has 0 bridgehead atoms. The van der Waals surface area contributed by atoms with E-state index >= 15 is 0 Å². The van der Waals surface area contributed by atoms with Crippen LogP contribution in [-0.2, 0) is 11.2 Å². The lowest BCUT2D eigenvalue weighted by Gasteiger charge is -2.12. The van der Waals surface area contributed by atoms with Crippen LogP contribution in [0, 0.1) is 27.7 Å². The molecule has 0 unspecified atom stereocenters. The summed E-state index contributed by atoms with van der Waals surface area (Å²) in [7, 11) is 0. The van der Waals surface area contributed by atoms with E-state index in [4.69, 9.17) is 4.42 Å². The molecular weight excluding hydrogens is 324 g/mol. The van der Waals surface area contributed by atoms with Gasteiger partial charge in [0.2, 0.25) is 5.91 Å². The highest BCUT2D eigenvalue weighted by Crippen LogP contribution is 2.23. The number of hydrogen-bond donors (Lipinski definition) is 1. The van der Waals surface area contributed by atoms with Crippen LogP contribution < -0.4 is 5.32 Å². The molecule has 1 aromatic heterocycles. The Morgan fingerprint density at radius 2 is 1.65 bits per heavy atom. The van der Waals surface area contributed by atoms with Crippen LogP contribution in [0.2, 0.25) is 0 Å². The molecule has 1 N–H and O–H groups in total. The van der Waals surface area contributed by atoms with Gasteiger partial charge in [-0.25, -0.2) is 4.98 Å². The zero-order valence-corrected chi connectivity index (χ0v) is 15.7. The van der Waals surface area contributed by atoms with E-state index in [1.165, 1.54) is 11.1 Å². The summed E-state index contributed by atoms with van der Waals surface area (Å²) >= 11 is 0. The number of nitrogens with one attached hydrogen (secondary N) is 1. The molecule has 4 nitrogen and oxygen atoms in total. The molecule has 3 aromatic rings. The van der Waals surface area contributed by atoms with Crippen molar-refractivity contribution < 1.29 is 9.21 Å². The fraction of sp³-hybridized carbons (Fsp3) is 0.273. The molecule has 134 valence electrons. The molecule has 0 radical (unpaired) electrons. The fourth-order valence-electron chi connectivity index (χ4n) is 3.08. The van der Waals surface area contributed by atoms with Crippen molar-refractivity contribution in [1.82, 2.24) is 4.98 Å². The van der Waals surface area contributed by atoms with Gasteiger partial charge in [-0.15, -0.1) is 0 Å². The van der Waals surface area contributed by atoms with Gasteiger partial charge in [0.05, 0.1) is 6.20 Å². The van der Waals surface area contributed by atoms with Gasteiger partial charge in [-0.2, -0.15) is 0 Å². The topological polar surface area (TPSA) is 55.1 Å². The molecule has 3 rings (SSSR count). The number of amides is 1. The maximum absolute atomic E-state index is 12.3. The van der Waals surface area contributed by atoms with E-state index < -0.39 is 0 Å². The Labute approximate surface area is 154 Å². The van der Waals surface area contributed by atoms with E-state index in [1.54, 1.807) is 6.20 Å². The van der Waals surface area contributed by atoms with Crippen LogP contribution in [0.4, 0.5) is 5.69 Å². The second kappa shape index (κ2) is 7.56. The lowest BCUT2D eigenvalue weighted by atomic mass is 10.0. The van der Waals surface area contributed by atoms with Crippen LogP contribution in [0.3, 0.4) is 0 Å². The van der Waals surface area contributed by atoms with E-state index in [0.29, 0.717) is 18.7 Å². The number of rotatable bonds is 5. The van der Waals surface area contributed by atoms with Crippen LogP contribution in [0.1, 0.15) is 34.6 Å². The molecule has 0 aliphatic rings. The minimum atomic E-state index is -0.0323. The molecule has 1 heterocycles. The lowest BCUT2D eigenvalue weighted by Crippen LogP contribution is -2.14. The molecule has 0 saturated heterocycles. The van der Waals surface area contributed by atoms with Crippen molar-refractivity contribution in [2.75, 3.05) is 5.32 Å². The van der Waals surface area contributed by atoms with Gasteiger partial charge in [0, 0.05) is 24.1 Å². The molecule has 0 aliphatic heterocycles. The largest absolute Gasteiger partial charge is 0.441 e. The molecule has 26 heavy (non-hydrogen) atoms. The van der Waals surface area contributed by atoms with E-state index in [-0.39, 0.29) is 5.91 Å². The Balaban J connectivity index is 1.61. The number of benzene rings is 2. The van der Waals surface area contributed by atoms with Crippen LogP contribution in [0.25, 0.3) is 11.3 Å². The summed E-state index contributed by atoms with van der Waals surface area (Å²) in [5, 5.41) is 3.01. The number of hydrogen-bond acceptors (Lipinski definition) is 3. The first-order valence-corrected chi connectivity index (χ1v) is 8.82. The number of nitrogens with zero attached hydrogens (tertiary/aromatic N) is 1. The Bertz CT molecular complexity index is 901. The minimum absolute atomic E-state index is 0.0323. The van der Waals surface area contributed by atoms with Crippen LogP contribution >= 0.6 is 0 Å². The standard InChI is InChI=1S/C22H24N2O2/c1-14-5-7-18(8-6-14)19-13-23-21(26-19)10-9-20(25)24-22-16(3)11-15(2)12-17(22)4/h5-8,11-13H,9-10H2,1-4H3,(H,24,25). The van der Waals surface area contributed by atoms with Gasteiger partial charge in [0.25, 0.3) is 0 Å². The van der Waals surface area contributed by atoms with E-state index in [0.717, 1.165) is 28.1 Å². The van der Waals surface area contributed by atoms with Crippen molar-refractivity contribution in [2.24, 2.45) is 0 Å². The van der Waals surface area contributed by atoms with Crippen LogP contribution in [0.15, 0.2) is 47.0 Å². The van der Waals surface area contributed by atoms with Gasteiger partial charge >= 0.3 is 0 Å². The molecule has 0 fully saturated rings. The molecule has 0 aliphatic carbocycles. The van der Waals surface area contributed by atoms with Crippen molar-refractivity contribution in [1.29, 1.82) is 0 Å². The monoisotopic (exact) mass is 348 g/mol. The van der Waals surface area contributed by atoms with Crippen molar-refractivity contribution in [3.63, 3.8) is 0 Å². The molecular formula is C22H24N2O2. The quantitative estimate of drug-likeness (QED) is 0.694. The molecule has 0 atom stereocenters. The Morgan fingerprint density at radius 3 is 2.31 bits per heavy atom. The third-order valence-corrected chi connectivity index (χ3v) is 4.40. The second-order valence-electron chi connectivity index (χ2n) is 6.81. The first kappa shape index (κ1) is 17.9. The van der Waals surface area contributed by atoms with E-state index in [2.05, 4.69) is 29.4 Å². The van der Waals surface area contributed by atoms with Gasteiger partial charge in [-0.3, -0.25) is 4.79 Å². The number of aryl methyl sites for hydroxylation is 5. The maximum Gasteiger partial charge on any atom is 0.224 e.